The number of thiophene rings is 1. The molecule has 0 fully saturated rings. The van der Waals surface area contributed by atoms with E-state index < -0.39 is 0 Å². The van der Waals surface area contributed by atoms with Gasteiger partial charge < -0.3 is 4.90 Å². The summed E-state index contributed by atoms with van der Waals surface area (Å²) in [6.45, 7) is 0. The van der Waals surface area contributed by atoms with Gasteiger partial charge in [-0.1, -0.05) is 158 Å². The van der Waals surface area contributed by atoms with Gasteiger partial charge in [0, 0.05) is 26.8 Å². The molecule has 0 radical (unpaired) electrons. The van der Waals surface area contributed by atoms with Gasteiger partial charge in [0.1, 0.15) is 0 Å². The quantitative estimate of drug-likeness (QED) is 0.169. The van der Waals surface area contributed by atoms with E-state index in [2.05, 4.69) is 205 Å². The van der Waals surface area contributed by atoms with Crippen molar-refractivity contribution < 1.29 is 0 Å². The molecule has 0 N–H and O–H groups in total. The predicted molar refractivity (Wildman–Crippen MR) is 225 cm³/mol. The molecule has 0 saturated carbocycles. The van der Waals surface area contributed by atoms with E-state index in [9.17, 15) is 0 Å². The van der Waals surface area contributed by atoms with Crippen molar-refractivity contribution in [3.8, 4) is 33.4 Å². The Morgan fingerprint density at radius 2 is 0.865 bits per heavy atom. The Hall–Kier alpha value is -6.48. The Bertz CT molecular complexity index is 2880. The number of rotatable bonds is 6. The van der Waals surface area contributed by atoms with Crippen LogP contribution in [0.15, 0.2) is 200 Å². The first-order valence-corrected chi connectivity index (χ1v) is 18.6. The van der Waals surface area contributed by atoms with Gasteiger partial charge >= 0.3 is 0 Å². The van der Waals surface area contributed by atoms with Gasteiger partial charge in [-0.3, -0.25) is 0 Å². The van der Waals surface area contributed by atoms with Crippen LogP contribution < -0.4 is 4.90 Å². The zero-order valence-corrected chi connectivity index (χ0v) is 29.2. The molecule has 1 nitrogen and oxygen atoms in total. The summed E-state index contributed by atoms with van der Waals surface area (Å²) in [5, 5.41) is 7.61. The maximum atomic E-state index is 2.42. The summed E-state index contributed by atoms with van der Waals surface area (Å²) in [6.07, 6.45) is 0. The van der Waals surface area contributed by atoms with Crippen molar-refractivity contribution >= 4 is 70.1 Å². The van der Waals surface area contributed by atoms with Crippen LogP contribution in [-0.4, -0.2) is 0 Å². The molecule has 244 valence electrons. The third-order valence-electron chi connectivity index (χ3n) is 10.3. The lowest BCUT2D eigenvalue weighted by molar-refractivity contribution is 1.30. The average Bonchev–Trinajstić information content (AvgIpc) is 3.61. The Labute approximate surface area is 307 Å². The van der Waals surface area contributed by atoms with Crippen LogP contribution in [-0.2, 0) is 0 Å². The second-order valence-electron chi connectivity index (χ2n) is 13.3. The van der Waals surface area contributed by atoms with E-state index in [1.165, 1.54) is 80.8 Å². The van der Waals surface area contributed by atoms with Gasteiger partial charge in [-0.15, -0.1) is 11.3 Å². The summed E-state index contributed by atoms with van der Waals surface area (Å²) < 4.78 is 2.59. The number of benzene rings is 9. The van der Waals surface area contributed by atoms with Crippen LogP contribution in [0.3, 0.4) is 0 Å². The normalized spacial score (nSPS) is 11.5. The maximum Gasteiger partial charge on any atom is 0.0640 e. The lowest BCUT2D eigenvalue weighted by atomic mass is 9.95. The average molecular weight is 680 g/mol. The third kappa shape index (κ3) is 5.24. The molecule has 0 aliphatic heterocycles. The second kappa shape index (κ2) is 12.7. The monoisotopic (exact) mass is 679 g/mol. The number of fused-ring (bicyclic) bond motifs is 5. The number of hydrogen-bond acceptors (Lipinski definition) is 2. The Balaban J connectivity index is 1.09. The van der Waals surface area contributed by atoms with Crippen LogP contribution in [0.5, 0.6) is 0 Å². The first-order chi connectivity index (χ1) is 25.8. The Morgan fingerprint density at radius 1 is 0.327 bits per heavy atom. The van der Waals surface area contributed by atoms with E-state index in [1.807, 2.05) is 11.3 Å². The highest BCUT2D eigenvalue weighted by atomic mass is 32.1. The van der Waals surface area contributed by atoms with Crippen molar-refractivity contribution in [1.82, 2.24) is 0 Å². The third-order valence-corrected chi connectivity index (χ3v) is 11.5. The minimum atomic E-state index is 1.12. The van der Waals surface area contributed by atoms with Crippen molar-refractivity contribution in [2.75, 3.05) is 4.90 Å². The van der Waals surface area contributed by atoms with Gasteiger partial charge in [0.2, 0.25) is 0 Å². The van der Waals surface area contributed by atoms with E-state index in [0.29, 0.717) is 0 Å². The lowest BCUT2D eigenvalue weighted by Gasteiger charge is -2.26. The minimum Gasteiger partial charge on any atom is -0.309 e. The molecule has 0 saturated heterocycles. The van der Waals surface area contributed by atoms with E-state index in [-0.39, 0.29) is 0 Å². The summed E-state index contributed by atoms with van der Waals surface area (Å²) in [5.74, 6) is 0. The first-order valence-electron chi connectivity index (χ1n) is 17.8. The Kier molecular flexibility index (Phi) is 7.41. The number of hydrogen-bond donors (Lipinski definition) is 0. The van der Waals surface area contributed by atoms with E-state index in [0.717, 1.165) is 11.4 Å². The van der Waals surface area contributed by atoms with Crippen molar-refractivity contribution in [1.29, 1.82) is 0 Å². The fourth-order valence-corrected chi connectivity index (χ4v) is 8.94. The van der Waals surface area contributed by atoms with Crippen LogP contribution in [0.2, 0.25) is 0 Å². The summed E-state index contributed by atoms with van der Waals surface area (Å²) >= 11 is 1.87. The zero-order chi connectivity index (χ0) is 34.4. The molecule has 1 heterocycles. The molecule has 0 unspecified atom stereocenters. The maximum absolute atomic E-state index is 2.42. The van der Waals surface area contributed by atoms with Crippen molar-refractivity contribution in [3.05, 3.63) is 200 Å². The summed E-state index contributed by atoms with van der Waals surface area (Å²) in [6, 6.07) is 72.9. The molecule has 10 aromatic rings. The van der Waals surface area contributed by atoms with Gasteiger partial charge in [0.15, 0.2) is 0 Å². The fraction of sp³-hybridized carbons (Fsp3) is 0. The SMILES string of the molecule is c1ccc(-c2ccc3c(-c4ccc(N(c5ccc(-c6cccc7ccccc67)cc5)c5cccc6c5sc5ccccc56)cc4)cccc3c2)cc1. The van der Waals surface area contributed by atoms with Gasteiger partial charge in [0.25, 0.3) is 0 Å². The van der Waals surface area contributed by atoms with E-state index in [1.54, 1.807) is 0 Å². The molecular weight excluding hydrogens is 647 g/mol. The molecule has 0 amide bonds. The molecule has 0 aliphatic carbocycles. The van der Waals surface area contributed by atoms with Gasteiger partial charge in [0.05, 0.1) is 10.4 Å². The van der Waals surface area contributed by atoms with E-state index in [4.69, 9.17) is 0 Å². The molecular formula is C50H33NS. The molecule has 0 atom stereocenters. The second-order valence-corrected chi connectivity index (χ2v) is 14.4. The smallest absolute Gasteiger partial charge is 0.0640 e. The van der Waals surface area contributed by atoms with Crippen LogP contribution in [0.1, 0.15) is 0 Å². The van der Waals surface area contributed by atoms with Crippen molar-refractivity contribution in [3.63, 3.8) is 0 Å². The highest BCUT2D eigenvalue weighted by Gasteiger charge is 2.19. The zero-order valence-electron chi connectivity index (χ0n) is 28.4. The topological polar surface area (TPSA) is 3.24 Å². The van der Waals surface area contributed by atoms with E-state index >= 15 is 0 Å². The van der Waals surface area contributed by atoms with Crippen molar-refractivity contribution in [2.24, 2.45) is 0 Å². The summed E-state index contributed by atoms with van der Waals surface area (Å²) in [7, 11) is 0. The molecule has 0 bridgehead atoms. The van der Waals surface area contributed by atoms with Gasteiger partial charge in [-0.05, 0) is 97.4 Å². The molecule has 0 spiro atoms. The highest BCUT2D eigenvalue weighted by Crippen LogP contribution is 2.45. The molecule has 52 heavy (non-hydrogen) atoms. The van der Waals surface area contributed by atoms with Gasteiger partial charge in [-0.25, -0.2) is 0 Å². The van der Waals surface area contributed by atoms with Crippen LogP contribution in [0.25, 0.3) is 75.1 Å². The minimum absolute atomic E-state index is 1.12. The van der Waals surface area contributed by atoms with Crippen LogP contribution in [0.4, 0.5) is 17.1 Å². The van der Waals surface area contributed by atoms with Crippen LogP contribution >= 0.6 is 11.3 Å². The van der Waals surface area contributed by atoms with Crippen molar-refractivity contribution in [2.45, 2.75) is 0 Å². The number of nitrogens with zero attached hydrogens (tertiary/aromatic N) is 1. The molecule has 2 heteroatoms. The van der Waals surface area contributed by atoms with Gasteiger partial charge in [-0.2, -0.15) is 0 Å². The first kappa shape index (κ1) is 30.4. The predicted octanol–water partition coefficient (Wildman–Crippen LogP) is 14.8. The molecule has 1 aromatic heterocycles. The molecule has 10 rings (SSSR count). The van der Waals surface area contributed by atoms with Crippen LogP contribution in [0, 0.1) is 0 Å². The fourth-order valence-electron chi connectivity index (χ4n) is 7.74. The molecule has 9 aromatic carbocycles. The standard InChI is InChI=1S/C50H33NS/c1-2-11-34(12-3-1)38-27-32-45-39(33-38)15-9-19-44(45)37-25-30-41(31-26-37)51(48-21-10-20-47-46-17-6-7-22-49(46)52-50(47)48)40-28-23-36(24-29-40)43-18-8-14-35-13-4-5-16-42(35)43/h1-33H. The largest absolute Gasteiger partial charge is 0.309 e. The Morgan fingerprint density at radius 3 is 1.60 bits per heavy atom. The highest BCUT2D eigenvalue weighted by molar-refractivity contribution is 7.26. The summed E-state index contributed by atoms with van der Waals surface area (Å²) in [4.78, 5) is 2.42. The molecule has 0 aliphatic rings. The lowest BCUT2D eigenvalue weighted by Crippen LogP contribution is -2.10. The number of anilines is 3. The summed E-state index contributed by atoms with van der Waals surface area (Å²) in [5.41, 5.74) is 10.8.